The van der Waals surface area contributed by atoms with Crippen molar-refractivity contribution in [3.8, 4) is 0 Å². The van der Waals surface area contributed by atoms with Gasteiger partial charge in [0.25, 0.3) is 0 Å². The summed E-state index contributed by atoms with van der Waals surface area (Å²) >= 11 is 0. The van der Waals surface area contributed by atoms with E-state index >= 15 is 0 Å². The lowest BCUT2D eigenvalue weighted by molar-refractivity contribution is 0.0862. The smallest absolute Gasteiger partial charge is 0.0831 e. The summed E-state index contributed by atoms with van der Waals surface area (Å²) in [6, 6.07) is 4.44. The molecule has 220 valence electrons. The number of unbranched alkanes of at least 4 members (excludes halogenated alkanes) is 2. The maximum absolute atomic E-state index is 11.3. The van der Waals surface area contributed by atoms with E-state index in [9.17, 15) is 15.3 Å². The fourth-order valence-corrected chi connectivity index (χ4v) is 8.51. The summed E-state index contributed by atoms with van der Waals surface area (Å²) in [5, 5.41) is 31.7. The Morgan fingerprint density at radius 3 is 2.65 bits per heavy atom. The number of aromatic amines is 1. The SMILES string of the molecule is C=C1C(=CC=C2CCC[C@]3(C)[C@@H]([C@H](C)C=C[C@H](O)C4(c5ccc(CCCCC)[nH]5)CC4)CC[C@@H]23)C[C@@H](O)C[C@@H]1O. The fraction of sp³-hybridized carbons (Fsp3) is 0.667. The minimum absolute atomic E-state index is 0.125. The van der Waals surface area contributed by atoms with Gasteiger partial charge in [0, 0.05) is 23.2 Å². The van der Waals surface area contributed by atoms with E-state index in [0.717, 1.165) is 36.8 Å². The maximum atomic E-state index is 11.3. The van der Waals surface area contributed by atoms with E-state index in [1.165, 1.54) is 61.9 Å². The van der Waals surface area contributed by atoms with Gasteiger partial charge in [-0.1, -0.05) is 70.1 Å². The van der Waals surface area contributed by atoms with Crippen molar-refractivity contribution in [2.45, 2.75) is 128 Å². The summed E-state index contributed by atoms with van der Waals surface area (Å²) in [7, 11) is 0. The van der Waals surface area contributed by atoms with Crippen LogP contribution in [0.5, 0.6) is 0 Å². The first-order chi connectivity index (χ1) is 19.2. The van der Waals surface area contributed by atoms with Crippen molar-refractivity contribution in [3.63, 3.8) is 0 Å². The van der Waals surface area contributed by atoms with Gasteiger partial charge in [0.05, 0.1) is 18.3 Å². The highest BCUT2D eigenvalue weighted by molar-refractivity contribution is 5.39. The Morgan fingerprint density at radius 1 is 1.10 bits per heavy atom. The number of aryl methyl sites for hydroxylation is 1. The van der Waals surface area contributed by atoms with Gasteiger partial charge in [0.2, 0.25) is 0 Å². The molecule has 0 radical (unpaired) electrons. The zero-order valence-corrected chi connectivity index (χ0v) is 25.2. The second-order valence-corrected chi connectivity index (χ2v) is 13.9. The third-order valence-electron chi connectivity index (χ3n) is 11.2. The molecule has 0 amide bonds. The van der Waals surface area contributed by atoms with Gasteiger partial charge in [-0.25, -0.2) is 0 Å². The predicted octanol–water partition coefficient (Wildman–Crippen LogP) is 7.47. The van der Waals surface area contributed by atoms with Crippen molar-refractivity contribution in [1.29, 1.82) is 0 Å². The van der Waals surface area contributed by atoms with Crippen molar-refractivity contribution < 1.29 is 15.3 Å². The summed E-state index contributed by atoms with van der Waals surface area (Å²) in [6.45, 7) is 11.2. The molecule has 7 atom stereocenters. The molecule has 0 spiro atoms. The van der Waals surface area contributed by atoms with Crippen LogP contribution in [0.4, 0.5) is 0 Å². The number of nitrogens with one attached hydrogen (secondary N) is 1. The lowest BCUT2D eigenvalue weighted by Crippen LogP contribution is -2.35. The van der Waals surface area contributed by atoms with Crippen molar-refractivity contribution in [3.05, 3.63) is 71.1 Å². The molecule has 0 aromatic carbocycles. The van der Waals surface area contributed by atoms with Gasteiger partial charge in [-0.2, -0.15) is 0 Å². The second kappa shape index (κ2) is 12.2. The molecule has 0 bridgehead atoms. The summed E-state index contributed by atoms with van der Waals surface area (Å²) < 4.78 is 0. The molecule has 4 aliphatic rings. The zero-order valence-electron chi connectivity index (χ0n) is 25.2. The largest absolute Gasteiger partial charge is 0.393 e. The summed E-state index contributed by atoms with van der Waals surface area (Å²) in [5.74, 6) is 1.61. The normalized spacial score (nSPS) is 35.4. The molecule has 4 heteroatoms. The number of hydrogen-bond acceptors (Lipinski definition) is 3. The molecule has 1 aromatic heterocycles. The zero-order chi connectivity index (χ0) is 28.5. The Labute approximate surface area is 242 Å². The molecule has 4 saturated carbocycles. The lowest BCUT2D eigenvalue weighted by atomic mass is 9.61. The standard InChI is InChI=1S/C36H53NO3/c1-5-6-7-10-28-14-17-33(37-28)36(20-21-36)34(40)18-11-24(2)30-15-16-31-26(9-8-19-35(30,31)4)12-13-27-22-29(38)23-32(39)25(27)3/h11-14,17-18,24,29-32,34,37-40H,3,5-10,15-16,19-23H2,1-2,4H3/t24-,29-,30-,31+,32+,34+,35-/m1/s1. The van der Waals surface area contributed by atoms with Crippen LogP contribution in [-0.4, -0.2) is 38.6 Å². The molecule has 1 heterocycles. The molecular formula is C36H53NO3. The molecule has 5 rings (SSSR count). The average molecular weight is 548 g/mol. The summed E-state index contributed by atoms with van der Waals surface area (Å²) in [6.07, 6.45) is 21.2. The highest BCUT2D eigenvalue weighted by Gasteiger charge is 2.52. The minimum Gasteiger partial charge on any atom is -0.393 e. The van der Waals surface area contributed by atoms with Crippen LogP contribution in [0.15, 0.2) is 59.7 Å². The number of aliphatic hydroxyl groups excluding tert-OH is 3. The number of aliphatic hydroxyl groups is 3. The van der Waals surface area contributed by atoms with Crippen LogP contribution >= 0.6 is 0 Å². The summed E-state index contributed by atoms with van der Waals surface area (Å²) in [5.41, 5.74) is 5.96. The van der Waals surface area contributed by atoms with E-state index in [1.54, 1.807) is 0 Å². The fourth-order valence-electron chi connectivity index (χ4n) is 8.51. The van der Waals surface area contributed by atoms with Crippen LogP contribution in [-0.2, 0) is 11.8 Å². The van der Waals surface area contributed by atoms with Crippen LogP contribution in [0, 0.1) is 23.2 Å². The van der Waals surface area contributed by atoms with Crippen LogP contribution < -0.4 is 0 Å². The number of rotatable bonds is 10. The van der Waals surface area contributed by atoms with E-state index in [4.69, 9.17) is 0 Å². The molecule has 0 saturated heterocycles. The Hall–Kier alpha value is -1.88. The van der Waals surface area contributed by atoms with E-state index in [2.05, 4.69) is 68.8 Å². The van der Waals surface area contributed by atoms with E-state index in [0.29, 0.717) is 30.6 Å². The highest BCUT2D eigenvalue weighted by Crippen LogP contribution is 2.60. The number of fused-ring (bicyclic) bond motifs is 1. The lowest BCUT2D eigenvalue weighted by Gasteiger charge is -2.44. The van der Waals surface area contributed by atoms with Crippen LogP contribution in [0.2, 0.25) is 0 Å². The molecule has 0 unspecified atom stereocenters. The average Bonchev–Trinajstić information content (AvgIpc) is 3.46. The molecule has 4 aliphatic carbocycles. The van der Waals surface area contributed by atoms with Crippen molar-refractivity contribution in [2.24, 2.45) is 23.2 Å². The Morgan fingerprint density at radius 2 is 1.90 bits per heavy atom. The molecule has 4 N–H and O–H groups in total. The molecule has 40 heavy (non-hydrogen) atoms. The Balaban J connectivity index is 1.24. The molecule has 4 fully saturated rings. The maximum Gasteiger partial charge on any atom is 0.0831 e. The van der Waals surface area contributed by atoms with Crippen LogP contribution in [0.1, 0.15) is 109 Å². The van der Waals surface area contributed by atoms with Crippen LogP contribution in [0.25, 0.3) is 0 Å². The van der Waals surface area contributed by atoms with E-state index in [-0.39, 0.29) is 10.8 Å². The van der Waals surface area contributed by atoms with E-state index in [1.807, 2.05) is 0 Å². The number of H-pyrrole nitrogens is 1. The first kappa shape index (κ1) is 29.6. The van der Waals surface area contributed by atoms with Crippen molar-refractivity contribution >= 4 is 0 Å². The van der Waals surface area contributed by atoms with Gasteiger partial charge in [-0.3, -0.25) is 0 Å². The van der Waals surface area contributed by atoms with Gasteiger partial charge >= 0.3 is 0 Å². The summed E-state index contributed by atoms with van der Waals surface area (Å²) in [4.78, 5) is 3.65. The number of allylic oxidation sites excluding steroid dienone is 4. The molecule has 0 aliphatic heterocycles. The Bertz CT molecular complexity index is 1140. The topological polar surface area (TPSA) is 76.5 Å². The molecular weight excluding hydrogens is 494 g/mol. The monoisotopic (exact) mass is 547 g/mol. The number of aromatic nitrogens is 1. The van der Waals surface area contributed by atoms with Gasteiger partial charge in [0.1, 0.15) is 0 Å². The van der Waals surface area contributed by atoms with Crippen molar-refractivity contribution in [2.75, 3.05) is 0 Å². The third-order valence-corrected chi connectivity index (χ3v) is 11.2. The van der Waals surface area contributed by atoms with Gasteiger partial charge in [-0.05, 0) is 111 Å². The minimum atomic E-state index is -0.636. The second-order valence-electron chi connectivity index (χ2n) is 13.9. The van der Waals surface area contributed by atoms with Crippen molar-refractivity contribution in [1.82, 2.24) is 4.98 Å². The first-order valence-electron chi connectivity index (χ1n) is 16.2. The van der Waals surface area contributed by atoms with Gasteiger partial charge in [0.15, 0.2) is 0 Å². The predicted molar refractivity (Wildman–Crippen MR) is 164 cm³/mol. The highest BCUT2D eigenvalue weighted by atomic mass is 16.3. The van der Waals surface area contributed by atoms with Gasteiger partial charge in [-0.15, -0.1) is 0 Å². The Kier molecular flexibility index (Phi) is 9.00. The quantitative estimate of drug-likeness (QED) is 0.181. The third kappa shape index (κ3) is 5.87. The number of hydrogen-bond donors (Lipinski definition) is 4. The van der Waals surface area contributed by atoms with Crippen LogP contribution in [0.3, 0.4) is 0 Å². The first-order valence-corrected chi connectivity index (χ1v) is 16.2. The van der Waals surface area contributed by atoms with Gasteiger partial charge < -0.3 is 20.3 Å². The van der Waals surface area contributed by atoms with E-state index < -0.39 is 18.3 Å². The molecule has 1 aromatic rings. The molecule has 4 nitrogen and oxygen atoms in total.